The van der Waals surface area contributed by atoms with Gasteiger partial charge < -0.3 is 11.1 Å². The Hall–Kier alpha value is -2.73. The molecule has 0 fully saturated rings. The van der Waals surface area contributed by atoms with E-state index < -0.39 is 17.9 Å². The van der Waals surface area contributed by atoms with Crippen LogP contribution in [0.15, 0.2) is 54.6 Å². The van der Waals surface area contributed by atoms with E-state index in [0.29, 0.717) is 20.5 Å². The minimum absolute atomic E-state index is 0.326. The van der Waals surface area contributed by atoms with Gasteiger partial charge in [-0.25, -0.2) is 4.39 Å². The van der Waals surface area contributed by atoms with Gasteiger partial charge in [-0.3, -0.25) is 9.59 Å². The number of thiophene rings is 1. The Morgan fingerprint density at radius 3 is 2.48 bits per heavy atom. The Morgan fingerprint density at radius 1 is 1.09 bits per heavy atom. The summed E-state index contributed by atoms with van der Waals surface area (Å²) in [6.45, 7) is 0. The van der Waals surface area contributed by atoms with Crippen LogP contribution in [-0.4, -0.2) is 11.8 Å². The zero-order valence-corrected chi connectivity index (χ0v) is 12.8. The molecule has 0 aliphatic heterocycles. The van der Waals surface area contributed by atoms with Crippen molar-refractivity contribution in [1.29, 1.82) is 0 Å². The average Bonchev–Trinajstić information content (AvgIpc) is 2.99. The quantitative estimate of drug-likeness (QED) is 0.773. The van der Waals surface area contributed by atoms with Crippen LogP contribution in [0.25, 0.3) is 10.1 Å². The minimum Gasteiger partial charge on any atom is -0.368 e. The van der Waals surface area contributed by atoms with Crippen molar-refractivity contribution in [2.45, 2.75) is 6.04 Å². The van der Waals surface area contributed by atoms with Gasteiger partial charge in [-0.15, -0.1) is 11.3 Å². The van der Waals surface area contributed by atoms with E-state index >= 15 is 0 Å². The number of benzene rings is 2. The van der Waals surface area contributed by atoms with Crippen LogP contribution in [0.5, 0.6) is 0 Å². The smallest absolute Gasteiger partial charge is 0.262 e. The molecule has 2 amide bonds. The molecule has 6 heteroatoms. The highest BCUT2D eigenvalue weighted by atomic mass is 32.1. The zero-order chi connectivity index (χ0) is 16.4. The zero-order valence-electron chi connectivity index (χ0n) is 12.0. The van der Waals surface area contributed by atoms with Crippen molar-refractivity contribution in [2.75, 3.05) is 0 Å². The third kappa shape index (κ3) is 3.07. The Bertz CT molecular complexity index is 877. The van der Waals surface area contributed by atoms with Gasteiger partial charge in [0.15, 0.2) is 0 Å². The molecule has 0 saturated carbocycles. The molecule has 1 unspecified atom stereocenters. The Morgan fingerprint density at radius 2 is 1.83 bits per heavy atom. The van der Waals surface area contributed by atoms with E-state index in [1.165, 1.54) is 12.1 Å². The summed E-state index contributed by atoms with van der Waals surface area (Å²) in [7, 11) is 0. The number of rotatable bonds is 4. The van der Waals surface area contributed by atoms with Gasteiger partial charge >= 0.3 is 0 Å². The van der Waals surface area contributed by atoms with Crippen LogP contribution < -0.4 is 11.1 Å². The van der Waals surface area contributed by atoms with Crippen LogP contribution in [0, 0.1) is 5.82 Å². The van der Waals surface area contributed by atoms with Crippen molar-refractivity contribution >= 4 is 33.2 Å². The predicted molar refractivity (Wildman–Crippen MR) is 87.6 cm³/mol. The van der Waals surface area contributed by atoms with Gasteiger partial charge in [0.1, 0.15) is 11.9 Å². The van der Waals surface area contributed by atoms with Crippen molar-refractivity contribution < 1.29 is 14.0 Å². The monoisotopic (exact) mass is 328 g/mol. The number of carbonyl (C=O) groups is 2. The summed E-state index contributed by atoms with van der Waals surface area (Å²) < 4.78 is 14.4. The largest absolute Gasteiger partial charge is 0.368 e. The average molecular weight is 328 g/mol. The lowest BCUT2D eigenvalue weighted by atomic mass is 10.1. The van der Waals surface area contributed by atoms with Gasteiger partial charge in [-0.2, -0.15) is 0 Å². The lowest BCUT2D eigenvalue weighted by molar-refractivity contribution is -0.120. The lowest BCUT2D eigenvalue weighted by Gasteiger charge is -2.15. The minimum atomic E-state index is -0.932. The Labute approximate surface area is 135 Å². The number of nitrogens with two attached hydrogens (primary N) is 1. The SMILES string of the molecule is NC(=O)C(NC(=O)c1cc2c(F)cccc2s1)c1ccccc1. The summed E-state index contributed by atoms with van der Waals surface area (Å²) in [6, 6.07) is 13.9. The fourth-order valence-corrected chi connectivity index (χ4v) is 3.28. The summed E-state index contributed by atoms with van der Waals surface area (Å²) in [4.78, 5) is 24.4. The maximum Gasteiger partial charge on any atom is 0.262 e. The van der Waals surface area contributed by atoms with Crippen LogP contribution in [0.3, 0.4) is 0 Å². The molecule has 3 rings (SSSR count). The number of carbonyl (C=O) groups excluding carboxylic acids is 2. The molecule has 0 aliphatic carbocycles. The van der Waals surface area contributed by atoms with Crippen molar-refractivity contribution in [3.63, 3.8) is 0 Å². The first-order chi connectivity index (χ1) is 11.1. The van der Waals surface area contributed by atoms with E-state index in [4.69, 9.17) is 5.73 Å². The second kappa shape index (κ2) is 6.18. The number of fused-ring (bicyclic) bond motifs is 1. The standard InChI is InChI=1S/C17H13FN2O2S/c18-12-7-4-8-13-11(12)9-14(23-13)17(22)20-15(16(19)21)10-5-2-1-3-6-10/h1-9,15H,(H2,19,21)(H,20,22). The number of hydrogen-bond acceptors (Lipinski definition) is 3. The van der Waals surface area contributed by atoms with Crippen LogP contribution >= 0.6 is 11.3 Å². The first-order valence-corrected chi connectivity index (χ1v) is 7.71. The molecule has 0 bridgehead atoms. The van der Waals surface area contributed by atoms with E-state index in [-0.39, 0.29) is 5.82 Å². The second-order valence-electron chi connectivity index (χ2n) is 4.98. The first kappa shape index (κ1) is 15.2. The van der Waals surface area contributed by atoms with Crippen LogP contribution in [0.1, 0.15) is 21.3 Å². The summed E-state index contributed by atoms with van der Waals surface area (Å²) in [5.41, 5.74) is 5.98. The summed E-state index contributed by atoms with van der Waals surface area (Å²) in [5, 5.41) is 2.99. The van der Waals surface area contributed by atoms with Crippen molar-refractivity contribution in [3.8, 4) is 0 Å². The molecule has 1 atom stereocenters. The molecule has 23 heavy (non-hydrogen) atoms. The van der Waals surface area contributed by atoms with E-state index in [9.17, 15) is 14.0 Å². The van der Waals surface area contributed by atoms with Crippen molar-refractivity contribution in [2.24, 2.45) is 5.73 Å². The van der Waals surface area contributed by atoms with Gasteiger partial charge in [0.2, 0.25) is 5.91 Å². The normalized spacial score (nSPS) is 12.0. The first-order valence-electron chi connectivity index (χ1n) is 6.89. The molecule has 1 aromatic heterocycles. The van der Waals surface area contributed by atoms with Gasteiger partial charge in [-0.05, 0) is 23.8 Å². The van der Waals surface area contributed by atoms with Gasteiger partial charge in [0.25, 0.3) is 5.91 Å². The number of halogens is 1. The topological polar surface area (TPSA) is 72.2 Å². The molecular weight excluding hydrogens is 315 g/mol. The van der Waals surface area contributed by atoms with E-state index in [0.717, 1.165) is 11.3 Å². The Balaban J connectivity index is 1.89. The van der Waals surface area contributed by atoms with Gasteiger partial charge in [0, 0.05) is 10.1 Å². The van der Waals surface area contributed by atoms with E-state index in [2.05, 4.69) is 5.32 Å². The van der Waals surface area contributed by atoms with Crippen molar-refractivity contribution in [1.82, 2.24) is 5.32 Å². The molecule has 0 spiro atoms. The number of amides is 2. The molecule has 2 aromatic carbocycles. The molecular formula is C17H13FN2O2S. The Kier molecular flexibility index (Phi) is 4.08. The van der Waals surface area contributed by atoms with Crippen molar-refractivity contribution in [3.05, 3.63) is 70.9 Å². The second-order valence-corrected chi connectivity index (χ2v) is 6.07. The van der Waals surface area contributed by atoms with Crippen LogP contribution in [0.2, 0.25) is 0 Å². The maximum atomic E-state index is 13.7. The van der Waals surface area contributed by atoms with Gasteiger partial charge in [-0.1, -0.05) is 36.4 Å². The maximum absolute atomic E-state index is 13.7. The third-order valence-electron chi connectivity index (χ3n) is 3.42. The predicted octanol–water partition coefficient (Wildman–Crippen LogP) is 3.00. The molecule has 4 nitrogen and oxygen atoms in total. The molecule has 0 radical (unpaired) electrons. The van der Waals surface area contributed by atoms with Crippen LogP contribution in [0.4, 0.5) is 4.39 Å². The number of hydrogen-bond donors (Lipinski definition) is 2. The summed E-state index contributed by atoms with van der Waals surface area (Å²) >= 11 is 1.16. The summed E-state index contributed by atoms with van der Waals surface area (Å²) in [5.74, 6) is -1.50. The molecule has 0 saturated heterocycles. The molecule has 0 aliphatic rings. The summed E-state index contributed by atoms with van der Waals surface area (Å²) in [6.07, 6.45) is 0. The van der Waals surface area contributed by atoms with E-state index in [1.807, 2.05) is 0 Å². The highest BCUT2D eigenvalue weighted by Crippen LogP contribution is 2.28. The third-order valence-corrected chi connectivity index (χ3v) is 4.52. The van der Waals surface area contributed by atoms with E-state index in [1.54, 1.807) is 42.5 Å². The van der Waals surface area contributed by atoms with Gasteiger partial charge in [0.05, 0.1) is 4.88 Å². The fraction of sp³-hybridized carbons (Fsp3) is 0.0588. The van der Waals surface area contributed by atoms with Crippen LogP contribution in [-0.2, 0) is 4.79 Å². The number of primary amides is 1. The molecule has 3 aromatic rings. The fourth-order valence-electron chi connectivity index (χ4n) is 2.30. The highest BCUT2D eigenvalue weighted by Gasteiger charge is 2.22. The highest BCUT2D eigenvalue weighted by molar-refractivity contribution is 7.20. The number of nitrogens with one attached hydrogen (secondary N) is 1. The molecule has 3 N–H and O–H groups in total. The molecule has 116 valence electrons. The molecule has 1 heterocycles. The lowest BCUT2D eigenvalue weighted by Crippen LogP contribution is -2.37.